The topological polar surface area (TPSA) is 42.4 Å². The van der Waals surface area contributed by atoms with Gasteiger partial charge in [0.1, 0.15) is 5.56 Å². The van der Waals surface area contributed by atoms with E-state index in [0.717, 1.165) is 12.8 Å². The number of ether oxygens (including phenoxy) is 1. The van der Waals surface area contributed by atoms with Crippen LogP contribution in [0.3, 0.4) is 0 Å². The first-order valence-corrected chi connectivity index (χ1v) is 8.13. The molecule has 1 heterocycles. The normalized spacial score (nSPS) is 16.0. The molecule has 0 aliphatic heterocycles. The highest BCUT2D eigenvalue weighted by Crippen LogP contribution is 2.36. The molecule has 1 atom stereocenters. The van der Waals surface area contributed by atoms with E-state index in [1.165, 1.54) is 17.3 Å². The lowest BCUT2D eigenvalue weighted by Crippen LogP contribution is -2.30. The fourth-order valence-electron chi connectivity index (χ4n) is 3.10. The fourth-order valence-corrected chi connectivity index (χ4v) is 3.26. The van der Waals surface area contributed by atoms with Gasteiger partial charge < -0.3 is 9.64 Å². The number of pyridine rings is 1. The number of carbonyl (C=O) groups excluding carboxylic acids is 1. The summed E-state index contributed by atoms with van der Waals surface area (Å²) >= 11 is 6.02. The van der Waals surface area contributed by atoms with E-state index in [2.05, 4.69) is 17.1 Å². The summed E-state index contributed by atoms with van der Waals surface area (Å²) in [5.74, 6) is 0.213. The Hall–Kier alpha value is -2.07. The summed E-state index contributed by atoms with van der Waals surface area (Å²) < 4.78 is 5.48. The van der Waals surface area contributed by atoms with E-state index in [4.69, 9.17) is 16.3 Å². The second-order valence-electron chi connectivity index (χ2n) is 5.61. The number of hydrogen-bond acceptors (Lipinski definition) is 3. The van der Waals surface area contributed by atoms with Crippen molar-refractivity contribution in [2.24, 2.45) is 0 Å². The molecule has 0 saturated carbocycles. The Morgan fingerprint density at radius 3 is 3.00 bits per heavy atom. The zero-order chi connectivity index (χ0) is 16.4. The van der Waals surface area contributed by atoms with Gasteiger partial charge in [0.25, 0.3) is 5.91 Å². The van der Waals surface area contributed by atoms with Gasteiger partial charge in [-0.05, 0) is 37.0 Å². The van der Waals surface area contributed by atoms with Crippen LogP contribution in [0.1, 0.15) is 40.9 Å². The predicted molar refractivity (Wildman–Crippen MR) is 90.0 cm³/mol. The van der Waals surface area contributed by atoms with Crippen LogP contribution >= 0.6 is 11.6 Å². The molecule has 0 fully saturated rings. The molecular formula is C18H19ClN2O2. The first-order valence-electron chi connectivity index (χ1n) is 7.75. The molecule has 1 aromatic carbocycles. The number of hydrogen-bond donors (Lipinski definition) is 0. The van der Waals surface area contributed by atoms with Crippen LogP contribution in [0.15, 0.2) is 36.5 Å². The van der Waals surface area contributed by atoms with Crippen LogP contribution in [0.25, 0.3) is 0 Å². The van der Waals surface area contributed by atoms with Crippen LogP contribution < -0.4 is 4.74 Å². The van der Waals surface area contributed by atoms with Crippen LogP contribution in [0.2, 0.25) is 5.02 Å². The van der Waals surface area contributed by atoms with Crippen molar-refractivity contribution in [3.05, 3.63) is 58.2 Å². The van der Waals surface area contributed by atoms with Gasteiger partial charge in [-0.25, -0.2) is 4.98 Å². The summed E-state index contributed by atoms with van der Waals surface area (Å²) in [4.78, 5) is 18.8. The lowest BCUT2D eigenvalue weighted by molar-refractivity contribution is 0.0725. The van der Waals surface area contributed by atoms with Crippen molar-refractivity contribution in [2.75, 3.05) is 13.7 Å². The van der Waals surface area contributed by atoms with Crippen molar-refractivity contribution in [1.82, 2.24) is 9.88 Å². The lowest BCUT2D eigenvalue weighted by Gasteiger charge is -2.26. The second-order valence-corrected chi connectivity index (χ2v) is 6.05. The average molecular weight is 331 g/mol. The van der Waals surface area contributed by atoms with Crippen LogP contribution in [0.5, 0.6) is 5.88 Å². The lowest BCUT2D eigenvalue weighted by atomic mass is 10.1. The fraction of sp³-hybridized carbons (Fsp3) is 0.333. The first-order chi connectivity index (χ1) is 11.1. The Labute approximate surface area is 141 Å². The van der Waals surface area contributed by atoms with Gasteiger partial charge >= 0.3 is 0 Å². The third-order valence-corrected chi connectivity index (χ3v) is 4.42. The number of rotatable bonds is 4. The Kier molecular flexibility index (Phi) is 4.53. The van der Waals surface area contributed by atoms with Gasteiger partial charge in [0.15, 0.2) is 0 Å². The van der Waals surface area contributed by atoms with Gasteiger partial charge in [-0.2, -0.15) is 0 Å². The molecule has 0 bridgehead atoms. The standard InChI is InChI=1S/C18H19ClN2O2/c1-3-23-17-15(10-13(19)11-20-17)18(22)21(2)16-9-8-12-6-4-5-7-14(12)16/h4-7,10-11,16H,3,8-9H2,1-2H3. The number of amides is 1. The third-order valence-electron chi connectivity index (χ3n) is 4.22. The quantitative estimate of drug-likeness (QED) is 0.854. The van der Waals surface area contributed by atoms with E-state index >= 15 is 0 Å². The maximum absolute atomic E-state index is 12.9. The summed E-state index contributed by atoms with van der Waals surface area (Å²) in [6.45, 7) is 2.31. The van der Waals surface area contributed by atoms with Crippen LogP contribution in [-0.2, 0) is 6.42 Å². The van der Waals surface area contributed by atoms with Crippen molar-refractivity contribution in [3.8, 4) is 5.88 Å². The van der Waals surface area contributed by atoms with E-state index in [1.807, 2.05) is 26.1 Å². The van der Waals surface area contributed by atoms with Crippen molar-refractivity contribution in [1.29, 1.82) is 0 Å². The van der Waals surface area contributed by atoms with Gasteiger partial charge in [0.2, 0.25) is 5.88 Å². The number of carbonyl (C=O) groups is 1. The number of aryl methyl sites for hydroxylation is 1. The molecule has 0 saturated heterocycles. The van der Waals surface area contributed by atoms with Gasteiger partial charge in [-0.1, -0.05) is 35.9 Å². The molecule has 5 heteroatoms. The SMILES string of the molecule is CCOc1ncc(Cl)cc1C(=O)N(C)C1CCc2ccccc21. The van der Waals surface area contributed by atoms with Crippen LogP contribution in [0.4, 0.5) is 0 Å². The first kappa shape index (κ1) is 15.8. The molecule has 23 heavy (non-hydrogen) atoms. The van der Waals surface area contributed by atoms with E-state index in [9.17, 15) is 4.79 Å². The maximum Gasteiger partial charge on any atom is 0.259 e. The zero-order valence-electron chi connectivity index (χ0n) is 13.3. The van der Waals surface area contributed by atoms with Crippen molar-refractivity contribution < 1.29 is 9.53 Å². The minimum atomic E-state index is -0.120. The highest BCUT2D eigenvalue weighted by atomic mass is 35.5. The molecule has 0 radical (unpaired) electrons. The van der Waals surface area contributed by atoms with Gasteiger partial charge in [0.05, 0.1) is 17.7 Å². The number of benzene rings is 1. The average Bonchev–Trinajstić information content (AvgIpc) is 2.99. The predicted octanol–water partition coefficient (Wildman–Crippen LogP) is 3.89. The summed E-state index contributed by atoms with van der Waals surface area (Å²) in [6, 6.07) is 9.97. The summed E-state index contributed by atoms with van der Waals surface area (Å²) in [7, 11) is 1.83. The smallest absolute Gasteiger partial charge is 0.259 e. The van der Waals surface area contributed by atoms with E-state index < -0.39 is 0 Å². The molecule has 1 aromatic heterocycles. The van der Waals surface area contributed by atoms with E-state index in [0.29, 0.717) is 23.1 Å². The number of halogens is 1. The Bertz CT molecular complexity index is 733. The van der Waals surface area contributed by atoms with Gasteiger partial charge in [-0.3, -0.25) is 4.79 Å². The van der Waals surface area contributed by atoms with Gasteiger partial charge in [-0.15, -0.1) is 0 Å². The number of fused-ring (bicyclic) bond motifs is 1. The molecule has 1 aliphatic rings. The van der Waals surface area contributed by atoms with Crippen LogP contribution in [0, 0.1) is 0 Å². The maximum atomic E-state index is 12.9. The largest absolute Gasteiger partial charge is 0.477 e. The minimum Gasteiger partial charge on any atom is -0.477 e. The monoisotopic (exact) mass is 330 g/mol. The molecule has 2 aromatic rings. The molecule has 1 amide bonds. The molecule has 0 N–H and O–H groups in total. The third kappa shape index (κ3) is 3.04. The Morgan fingerprint density at radius 2 is 2.22 bits per heavy atom. The molecule has 0 spiro atoms. The molecular weight excluding hydrogens is 312 g/mol. The summed E-state index contributed by atoms with van der Waals surface area (Å²) in [5.41, 5.74) is 2.94. The number of aromatic nitrogens is 1. The summed E-state index contributed by atoms with van der Waals surface area (Å²) in [5, 5.41) is 0.428. The van der Waals surface area contributed by atoms with Gasteiger partial charge in [0, 0.05) is 13.2 Å². The molecule has 4 nitrogen and oxygen atoms in total. The molecule has 3 rings (SSSR count). The Balaban J connectivity index is 1.91. The Morgan fingerprint density at radius 1 is 1.43 bits per heavy atom. The van der Waals surface area contributed by atoms with Crippen molar-refractivity contribution in [3.63, 3.8) is 0 Å². The number of nitrogens with zero attached hydrogens (tertiary/aromatic N) is 2. The van der Waals surface area contributed by atoms with Crippen LogP contribution in [-0.4, -0.2) is 29.4 Å². The van der Waals surface area contributed by atoms with E-state index in [-0.39, 0.29) is 11.9 Å². The van der Waals surface area contributed by atoms with Crippen molar-refractivity contribution >= 4 is 17.5 Å². The zero-order valence-corrected chi connectivity index (χ0v) is 14.0. The minimum absolute atomic E-state index is 0.0761. The molecule has 120 valence electrons. The highest BCUT2D eigenvalue weighted by molar-refractivity contribution is 6.30. The summed E-state index contributed by atoms with van der Waals surface area (Å²) in [6.07, 6.45) is 3.42. The molecule has 1 unspecified atom stereocenters. The second kappa shape index (κ2) is 6.59. The van der Waals surface area contributed by atoms with E-state index in [1.54, 1.807) is 11.0 Å². The highest BCUT2D eigenvalue weighted by Gasteiger charge is 2.30. The van der Waals surface area contributed by atoms with Crippen molar-refractivity contribution in [2.45, 2.75) is 25.8 Å². The molecule has 1 aliphatic carbocycles.